The number of halogens is 1. The summed E-state index contributed by atoms with van der Waals surface area (Å²) in [5.74, 6) is -0.0642. The van der Waals surface area contributed by atoms with Crippen molar-refractivity contribution < 1.29 is 9.90 Å². The predicted octanol–water partition coefficient (Wildman–Crippen LogP) is 2.21. The van der Waals surface area contributed by atoms with E-state index in [0.717, 1.165) is 15.0 Å². The van der Waals surface area contributed by atoms with Crippen molar-refractivity contribution in [2.24, 2.45) is 5.73 Å². The van der Waals surface area contributed by atoms with Crippen molar-refractivity contribution in [2.75, 3.05) is 13.1 Å². The smallest absolute Gasteiger partial charge is 0.220 e. The molecular weight excluding hydrogens is 296 g/mol. The van der Waals surface area contributed by atoms with Gasteiger partial charge in [-0.3, -0.25) is 4.79 Å². The lowest BCUT2D eigenvalue weighted by atomic mass is 10.2. The summed E-state index contributed by atoms with van der Waals surface area (Å²) in [7, 11) is 0. The fourth-order valence-corrected chi connectivity index (χ4v) is 2.88. The topological polar surface area (TPSA) is 75.4 Å². The van der Waals surface area contributed by atoms with Crippen LogP contribution in [0.5, 0.6) is 0 Å². The highest BCUT2D eigenvalue weighted by molar-refractivity contribution is 7.19. The third kappa shape index (κ3) is 4.45. The number of amides is 1. The van der Waals surface area contributed by atoms with E-state index in [-0.39, 0.29) is 24.9 Å². The standard InChI is InChI=1S/C14H18N2O2S.ClH/c15-7-3-6-14(18)16-9-11(17)13-8-10-4-1-2-5-12(10)19-13;/h1-2,4-5,8,11,17H,3,6-7,9,15H2,(H,16,18);1H. The summed E-state index contributed by atoms with van der Waals surface area (Å²) in [6.45, 7) is 0.752. The number of aliphatic hydroxyl groups is 1. The fourth-order valence-electron chi connectivity index (χ4n) is 1.83. The Hall–Kier alpha value is -1.14. The van der Waals surface area contributed by atoms with Crippen molar-refractivity contribution >= 4 is 39.7 Å². The molecule has 1 heterocycles. The van der Waals surface area contributed by atoms with Crippen LogP contribution in [-0.2, 0) is 4.79 Å². The second kappa shape index (κ2) is 8.21. The Bertz CT molecular complexity index is 526. The van der Waals surface area contributed by atoms with Crippen molar-refractivity contribution in [3.05, 3.63) is 35.2 Å². The lowest BCUT2D eigenvalue weighted by Gasteiger charge is -2.09. The van der Waals surface area contributed by atoms with Gasteiger partial charge in [0.1, 0.15) is 6.10 Å². The van der Waals surface area contributed by atoms with E-state index in [2.05, 4.69) is 5.32 Å². The van der Waals surface area contributed by atoms with Gasteiger partial charge in [-0.05, 0) is 30.5 Å². The summed E-state index contributed by atoms with van der Waals surface area (Å²) in [6, 6.07) is 9.96. The number of hydrogen-bond acceptors (Lipinski definition) is 4. The molecular formula is C14H19ClN2O2S. The normalized spacial score (nSPS) is 11.9. The predicted molar refractivity (Wildman–Crippen MR) is 85.3 cm³/mol. The average Bonchev–Trinajstić information content (AvgIpc) is 2.86. The first-order valence-corrected chi connectivity index (χ1v) is 7.15. The number of carbonyl (C=O) groups is 1. The number of hydrogen-bond donors (Lipinski definition) is 3. The maximum atomic E-state index is 11.4. The minimum atomic E-state index is -0.653. The minimum Gasteiger partial charge on any atom is -0.386 e. The summed E-state index contributed by atoms with van der Waals surface area (Å²) in [5.41, 5.74) is 5.34. The molecule has 1 aromatic heterocycles. The Labute approximate surface area is 128 Å². The van der Waals surface area contributed by atoms with E-state index < -0.39 is 6.10 Å². The lowest BCUT2D eigenvalue weighted by molar-refractivity contribution is -0.121. The molecule has 4 nitrogen and oxygen atoms in total. The van der Waals surface area contributed by atoms with Gasteiger partial charge in [0.15, 0.2) is 0 Å². The molecule has 6 heteroatoms. The van der Waals surface area contributed by atoms with Crippen LogP contribution in [0.1, 0.15) is 23.8 Å². The molecule has 0 spiro atoms. The molecule has 0 aliphatic carbocycles. The van der Waals surface area contributed by atoms with Gasteiger partial charge in [0.25, 0.3) is 0 Å². The van der Waals surface area contributed by atoms with E-state index >= 15 is 0 Å². The first-order chi connectivity index (χ1) is 9.20. The van der Waals surface area contributed by atoms with Gasteiger partial charge in [-0.15, -0.1) is 23.7 Å². The lowest BCUT2D eigenvalue weighted by Crippen LogP contribution is -2.28. The number of nitrogens with one attached hydrogen (secondary N) is 1. The second-order valence-corrected chi connectivity index (χ2v) is 5.51. The quantitative estimate of drug-likeness (QED) is 0.765. The molecule has 1 aromatic carbocycles. The molecule has 4 N–H and O–H groups in total. The highest BCUT2D eigenvalue weighted by atomic mass is 35.5. The third-order valence-electron chi connectivity index (χ3n) is 2.87. The highest BCUT2D eigenvalue weighted by Crippen LogP contribution is 2.29. The van der Waals surface area contributed by atoms with Crippen LogP contribution in [0.3, 0.4) is 0 Å². The number of aliphatic hydroxyl groups excluding tert-OH is 1. The zero-order valence-electron chi connectivity index (χ0n) is 11.0. The highest BCUT2D eigenvalue weighted by Gasteiger charge is 2.12. The molecule has 0 aliphatic rings. The SMILES string of the molecule is Cl.NCCCC(=O)NCC(O)c1cc2ccccc2s1. The Morgan fingerprint density at radius 1 is 1.40 bits per heavy atom. The van der Waals surface area contributed by atoms with E-state index in [9.17, 15) is 9.90 Å². The second-order valence-electron chi connectivity index (χ2n) is 4.40. The Morgan fingerprint density at radius 3 is 2.85 bits per heavy atom. The Kier molecular flexibility index (Phi) is 6.95. The van der Waals surface area contributed by atoms with E-state index in [0.29, 0.717) is 19.4 Å². The van der Waals surface area contributed by atoms with Gasteiger partial charge in [0, 0.05) is 22.5 Å². The van der Waals surface area contributed by atoms with Crippen molar-refractivity contribution in [3.63, 3.8) is 0 Å². The summed E-state index contributed by atoms with van der Waals surface area (Å²) in [4.78, 5) is 12.3. The molecule has 0 radical (unpaired) electrons. The largest absolute Gasteiger partial charge is 0.386 e. The van der Waals surface area contributed by atoms with Gasteiger partial charge in [0.2, 0.25) is 5.91 Å². The van der Waals surface area contributed by atoms with Crippen LogP contribution in [0.2, 0.25) is 0 Å². The summed E-state index contributed by atoms with van der Waals surface area (Å²) in [6.07, 6.45) is 0.430. The first-order valence-electron chi connectivity index (χ1n) is 6.34. The monoisotopic (exact) mass is 314 g/mol. The zero-order chi connectivity index (χ0) is 13.7. The fraction of sp³-hybridized carbons (Fsp3) is 0.357. The summed E-state index contributed by atoms with van der Waals surface area (Å²) >= 11 is 1.55. The Morgan fingerprint density at radius 2 is 2.15 bits per heavy atom. The first kappa shape index (κ1) is 16.9. The number of nitrogens with two attached hydrogens (primary N) is 1. The summed E-state index contributed by atoms with van der Waals surface area (Å²) < 4.78 is 1.14. The van der Waals surface area contributed by atoms with Gasteiger partial charge >= 0.3 is 0 Å². The third-order valence-corrected chi connectivity index (χ3v) is 4.09. The maximum absolute atomic E-state index is 11.4. The number of fused-ring (bicyclic) bond motifs is 1. The molecule has 0 saturated heterocycles. The van der Waals surface area contributed by atoms with Crippen molar-refractivity contribution in [3.8, 4) is 0 Å². The number of rotatable bonds is 6. The molecule has 1 atom stereocenters. The van der Waals surface area contributed by atoms with Crippen LogP contribution in [0.25, 0.3) is 10.1 Å². The van der Waals surface area contributed by atoms with Crippen LogP contribution < -0.4 is 11.1 Å². The van der Waals surface area contributed by atoms with Gasteiger partial charge in [-0.25, -0.2) is 0 Å². The molecule has 2 aromatic rings. The van der Waals surface area contributed by atoms with Crippen LogP contribution >= 0.6 is 23.7 Å². The molecule has 0 bridgehead atoms. The van der Waals surface area contributed by atoms with E-state index in [1.807, 2.05) is 30.3 Å². The average molecular weight is 315 g/mol. The van der Waals surface area contributed by atoms with Gasteiger partial charge in [-0.1, -0.05) is 18.2 Å². The van der Waals surface area contributed by atoms with E-state index in [4.69, 9.17) is 5.73 Å². The van der Waals surface area contributed by atoms with Crippen LogP contribution in [0.4, 0.5) is 0 Å². The van der Waals surface area contributed by atoms with Crippen LogP contribution in [0, 0.1) is 0 Å². The molecule has 0 saturated carbocycles. The van der Waals surface area contributed by atoms with E-state index in [1.54, 1.807) is 11.3 Å². The molecule has 1 amide bonds. The maximum Gasteiger partial charge on any atom is 0.220 e. The molecule has 1 unspecified atom stereocenters. The number of thiophene rings is 1. The number of carbonyl (C=O) groups excluding carboxylic acids is 1. The van der Waals surface area contributed by atoms with Gasteiger partial charge in [-0.2, -0.15) is 0 Å². The van der Waals surface area contributed by atoms with Crippen molar-refractivity contribution in [2.45, 2.75) is 18.9 Å². The molecule has 0 fully saturated rings. The van der Waals surface area contributed by atoms with Crippen LogP contribution in [-0.4, -0.2) is 24.1 Å². The van der Waals surface area contributed by atoms with Gasteiger partial charge in [0.05, 0.1) is 0 Å². The zero-order valence-corrected chi connectivity index (χ0v) is 12.7. The van der Waals surface area contributed by atoms with Crippen LogP contribution in [0.15, 0.2) is 30.3 Å². The molecule has 0 aliphatic heterocycles. The molecule has 20 heavy (non-hydrogen) atoms. The minimum absolute atomic E-state index is 0. The van der Waals surface area contributed by atoms with E-state index in [1.165, 1.54) is 0 Å². The van der Waals surface area contributed by atoms with Crippen molar-refractivity contribution in [1.82, 2.24) is 5.32 Å². The summed E-state index contributed by atoms with van der Waals surface area (Å²) in [5, 5.41) is 13.9. The molecule has 2 rings (SSSR count). The molecule has 110 valence electrons. The number of benzene rings is 1. The van der Waals surface area contributed by atoms with Crippen molar-refractivity contribution in [1.29, 1.82) is 0 Å². The Balaban J connectivity index is 0.00000200. The van der Waals surface area contributed by atoms with Gasteiger partial charge < -0.3 is 16.2 Å².